The highest BCUT2D eigenvalue weighted by Gasteiger charge is 2.17. The Morgan fingerprint density at radius 2 is 1.54 bits per heavy atom. The van der Waals surface area contributed by atoms with Crippen LogP contribution in [0.15, 0.2) is 101 Å². The van der Waals surface area contributed by atoms with Crippen LogP contribution in [0.4, 0.5) is 10.3 Å². The van der Waals surface area contributed by atoms with Crippen LogP contribution in [0.3, 0.4) is 0 Å². The van der Waals surface area contributed by atoms with Crippen molar-refractivity contribution in [1.29, 1.82) is 0 Å². The van der Waals surface area contributed by atoms with Crippen molar-refractivity contribution >= 4 is 35.2 Å². The van der Waals surface area contributed by atoms with Gasteiger partial charge in [0.1, 0.15) is 12.4 Å². The number of piperazine rings is 1. The van der Waals surface area contributed by atoms with Crippen molar-refractivity contribution in [2.45, 2.75) is 30.4 Å². The van der Waals surface area contributed by atoms with Crippen molar-refractivity contribution in [1.82, 2.24) is 29.7 Å². The topological polar surface area (TPSA) is 96.3 Å². The van der Waals surface area contributed by atoms with Gasteiger partial charge in [0.05, 0.1) is 0 Å². The molecule has 0 saturated carbocycles. The van der Waals surface area contributed by atoms with Gasteiger partial charge in [-0.2, -0.15) is 4.98 Å². The lowest BCUT2D eigenvalue weighted by Gasteiger charge is -2.27. The molecule has 3 heterocycles. The predicted molar refractivity (Wildman–Crippen MR) is 188 cm³/mol. The second kappa shape index (κ2) is 15.5. The maximum Gasteiger partial charge on any atom is 0.277 e. The van der Waals surface area contributed by atoms with E-state index < -0.39 is 0 Å². The van der Waals surface area contributed by atoms with E-state index in [1.807, 2.05) is 48.5 Å². The number of amides is 1. The summed E-state index contributed by atoms with van der Waals surface area (Å²) in [6.07, 6.45) is 5.46. The molecule has 0 radical (unpaired) electrons. The molecule has 0 bridgehead atoms. The molecule has 0 aliphatic carbocycles. The largest absolute Gasteiger partial charge is 0.340 e. The second-order valence-electron chi connectivity index (χ2n) is 11.7. The Kier molecular flexibility index (Phi) is 10.8. The molecule has 1 saturated heterocycles. The minimum atomic E-state index is -0.374. The number of carbonyl (C=O) groups is 1. The van der Waals surface area contributed by atoms with Crippen molar-refractivity contribution in [2.75, 3.05) is 38.1 Å². The first-order valence-electron chi connectivity index (χ1n) is 15.6. The molecular formula is C36H35ClFN7O2S. The molecule has 0 spiro atoms. The number of carbonyl (C=O) groups excluding carboxylic acids is 1. The molecule has 6 rings (SSSR count). The Labute approximate surface area is 287 Å². The van der Waals surface area contributed by atoms with E-state index in [4.69, 9.17) is 11.6 Å². The van der Waals surface area contributed by atoms with Gasteiger partial charge in [0, 0.05) is 81.1 Å². The molecular weight excluding hydrogens is 649 g/mol. The van der Waals surface area contributed by atoms with Gasteiger partial charge in [0.2, 0.25) is 11.9 Å². The van der Waals surface area contributed by atoms with E-state index in [0.29, 0.717) is 34.0 Å². The minimum absolute atomic E-state index is 0.0101. The highest BCUT2D eigenvalue weighted by atomic mass is 35.5. The Morgan fingerprint density at radius 3 is 2.21 bits per heavy atom. The number of hydrogen-bond acceptors (Lipinski definition) is 8. The number of likely N-dealkylation sites (N-methyl/N-ethyl adjacent to an activating group) is 1. The van der Waals surface area contributed by atoms with Gasteiger partial charge in [-0.25, -0.2) is 14.4 Å². The van der Waals surface area contributed by atoms with Crippen LogP contribution < -0.4 is 15.8 Å². The lowest BCUT2D eigenvalue weighted by atomic mass is 10.0. The van der Waals surface area contributed by atoms with Crippen LogP contribution in [0, 0.1) is 5.82 Å². The van der Waals surface area contributed by atoms with Gasteiger partial charge in [-0.05, 0) is 52.1 Å². The van der Waals surface area contributed by atoms with E-state index in [1.165, 1.54) is 23.9 Å². The van der Waals surface area contributed by atoms with Gasteiger partial charge in [-0.1, -0.05) is 71.9 Å². The lowest BCUT2D eigenvalue weighted by Crippen LogP contribution is -2.44. The maximum absolute atomic E-state index is 13.6. The summed E-state index contributed by atoms with van der Waals surface area (Å²) in [5, 5.41) is 4.41. The SMILES string of the molecule is CN(Cc1ccc(-c2ccc(Cl)cc2)cc1)C(=O)Cn1cc(Cc2cnc(N3CCNCC3)nc2)c(=O)nc1SCc1ccc(F)cc1. The quantitative estimate of drug-likeness (QED) is 0.145. The first-order chi connectivity index (χ1) is 23.3. The summed E-state index contributed by atoms with van der Waals surface area (Å²) < 4.78 is 15.2. The molecule has 2 aromatic heterocycles. The van der Waals surface area contributed by atoms with Crippen LogP contribution >= 0.6 is 23.4 Å². The number of nitrogens with one attached hydrogen (secondary N) is 1. The Bertz CT molecular complexity index is 1900. The summed E-state index contributed by atoms with van der Waals surface area (Å²) in [4.78, 5) is 44.0. The molecule has 1 aliphatic rings. The normalized spacial score (nSPS) is 13.0. The van der Waals surface area contributed by atoms with Crippen LogP contribution in [-0.2, 0) is 30.1 Å². The van der Waals surface area contributed by atoms with Gasteiger partial charge >= 0.3 is 0 Å². The van der Waals surface area contributed by atoms with Crippen molar-refractivity contribution in [3.8, 4) is 11.1 Å². The molecule has 1 N–H and O–H groups in total. The van der Waals surface area contributed by atoms with E-state index in [0.717, 1.165) is 54.0 Å². The second-order valence-corrected chi connectivity index (χ2v) is 13.0. The summed E-state index contributed by atoms with van der Waals surface area (Å²) in [6.45, 7) is 3.84. The van der Waals surface area contributed by atoms with Crippen LogP contribution in [0.1, 0.15) is 22.3 Å². The zero-order valence-electron chi connectivity index (χ0n) is 26.5. The van der Waals surface area contributed by atoms with Crippen molar-refractivity contribution in [2.24, 2.45) is 0 Å². The molecule has 12 heteroatoms. The van der Waals surface area contributed by atoms with Gasteiger partial charge < -0.3 is 19.7 Å². The van der Waals surface area contributed by atoms with E-state index in [9.17, 15) is 14.0 Å². The average molecular weight is 684 g/mol. The predicted octanol–water partition coefficient (Wildman–Crippen LogP) is 5.44. The smallest absolute Gasteiger partial charge is 0.277 e. The fraction of sp³-hybridized carbons (Fsp3) is 0.250. The number of thioether (sulfide) groups is 1. The molecule has 3 aromatic carbocycles. The number of aromatic nitrogens is 4. The van der Waals surface area contributed by atoms with Crippen LogP contribution in [-0.4, -0.2) is 63.6 Å². The van der Waals surface area contributed by atoms with E-state index in [1.54, 1.807) is 47.2 Å². The third kappa shape index (κ3) is 8.66. The molecule has 1 amide bonds. The first kappa shape index (κ1) is 33.3. The third-order valence-corrected chi connectivity index (χ3v) is 9.39. The number of anilines is 1. The Balaban J connectivity index is 1.18. The maximum atomic E-state index is 13.6. The van der Waals surface area contributed by atoms with Gasteiger partial charge in [-0.3, -0.25) is 9.59 Å². The fourth-order valence-corrected chi connectivity index (χ4v) is 6.41. The van der Waals surface area contributed by atoms with E-state index in [-0.39, 0.29) is 30.2 Å². The highest BCUT2D eigenvalue weighted by molar-refractivity contribution is 7.98. The number of hydrogen-bond donors (Lipinski definition) is 1. The number of rotatable bonds is 11. The summed E-state index contributed by atoms with van der Waals surface area (Å²) in [5.41, 5.74) is 4.81. The molecule has 0 atom stereocenters. The van der Waals surface area contributed by atoms with Gasteiger partial charge in [-0.15, -0.1) is 0 Å². The van der Waals surface area contributed by atoms with Crippen molar-refractivity contribution in [3.63, 3.8) is 0 Å². The van der Waals surface area contributed by atoms with E-state index in [2.05, 4.69) is 25.2 Å². The zero-order valence-corrected chi connectivity index (χ0v) is 28.1. The Hall–Kier alpha value is -4.58. The summed E-state index contributed by atoms with van der Waals surface area (Å²) >= 11 is 7.36. The molecule has 0 unspecified atom stereocenters. The summed E-state index contributed by atoms with van der Waals surface area (Å²) in [5.74, 6) is 0.663. The fourth-order valence-electron chi connectivity index (χ4n) is 5.36. The zero-order chi connectivity index (χ0) is 33.5. The Morgan fingerprint density at radius 1 is 0.917 bits per heavy atom. The molecule has 9 nitrogen and oxygen atoms in total. The lowest BCUT2D eigenvalue weighted by molar-refractivity contribution is -0.131. The molecule has 5 aromatic rings. The number of nitrogens with zero attached hydrogens (tertiary/aromatic N) is 6. The number of benzene rings is 3. The molecule has 1 aliphatic heterocycles. The van der Waals surface area contributed by atoms with E-state index >= 15 is 0 Å². The first-order valence-corrected chi connectivity index (χ1v) is 17.0. The minimum Gasteiger partial charge on any atom is -0.340 e. The third-order valence-electron chi connectivity index (χ3n) is 8.08. The highest BCUT2D eigenvalue weighted by Crippen LogP contribution is 2.24. The molecule has 48 heavy (non-hydrogen) atoms. The van der Waals surface area contributed by atoms with Crippen molar-refractivity contribution in [3.05, 3.63) is 135 Å². The van der Waals surface area contributed by atoms with Crippen LogP contribution in [0.25, 0.3) is 11.1 Å². The molecule has 246 valence electrons. The molecule has 1 fully saturated rings. The number of halogens is 2. The van der Waals surface area contributed by atoms with Gasteiger partial charge in [0.25, 0.3) is 5.56 Å². The van der Waals surface area contributed by atoms with Crippen LogP contribution in [0.5, 0.6) is 0 Å². The monoisotopic (exact) mass is 683 g/mol. The van der Waals surface area contributed by atoms with Crippen molar-refractivity contribution < 1.29 is 9.18 Å². The summed E-state index contributed by atoms with van der Waals surface area (Å²) in [7, 11) is 1.76. The van der Waals surface area contributed by atoms with Gasteiger partial charge in [0.15, 0.2) is 5.16 Å². The van der Waals surface area contributed by atoms with Crippen LogP contribution in [0.2, 0.25) is 5.02 Å². The summed E-state index contributed by atoms with van der Waals surface area (Å²) in [6, 6.07) is 21.9. The standard InChI is InChI=1S/C36H35ClFN7O2S/c1-43(21-25-2-6-28(7-3-25)29-8-10-31(37)11-9-29)33(46)23-45-22-30(18-27-19-40-35(41-20-27)44-16-14-39-15-17-44)34(47)42-36(45)48-24-26-4-12-32(38)13-5-26/h2-13,19-20,22,39H,14-18,21,23-24H2,1H3. The average Bonchev–Trinajstić information content (AvgIpc) is 3.11.